The summed E-state index contributed by atoms with van der Waals surface area (Å²) in [5, 5.41) is 11.9. The van der Waals surface area contributed by atoms with Gasteiger partial charge in [-0.3, -0.25) is 9.59 Å². The summed E-state index contributed by atoms with van der Waals surface area (Å²) in [5.41, 5.74) is 1.86. The van der Waals surface area contributed by atoms with Crippen LogP contribution in [0.2, 0.25) is 0 Å². The first-order valence-corrected chi connectivity index (χ1v) is 8.16. The van der Waals surface area contributed by atoms with Crippen LogP contribution in [0.1, 0.15) is 29.8 Å². The Bertz CT molecular complexity index is 791. The number of carbonyl (C=O) groups excluding carboxylic acids is 2. The Morgan fingerprint density at radius 2 is 1.80 bits per heavy atom. The maximum Gasteiger partial charge on any atom is 0.249 e. The Hall–Kier alpha value is -3.13. The van der Waals surface area contributed by atoms with Gasteiger partial charge in [0.2, 0.25) is 5.91 Å². The summed E-state index contributed by atoms with van der Waals surface area (Å²) in [6.45, 7) is 4.29. The minimum Gasteiger partial charge on any atom is -0.492 e. The number of benzene rings is 2. The van der Waals surface area contributed by atoms with Crippen molar-refractivity contribution in [1.82, 2.24) is 0 Å². The molecule has 0 aromatic heterocycles. The zero-order valence-electron chi connectivity index (χ0n) is 14.3. The average molecular weight is 336 g/mol. The number of nitrogens with one attached hydrogen (secondary N) is 1. The van der Waals surface area contributed by atoms with Crippen molar-refractivity contribution in [3.63, 3.8) is 0 Å². The quantitative estimate of drug-likeness (QED) is 0.619. The van der Waals surface area contributed by atoms with Gasteiger partial charge in [-0.1, -0.05) is 43.3 Å². The molecule has 0 aliphatic carbocycles. The lowest BCUT2D eigenvalue weighted by molar-refractivity contribution is -0.117. The number of amides is 1. The molecule has 1 amide bonds. The molecule has 1 N–H and O–H groups in total. The molecule has 5 nitrogen and oxygen atoms in total. The predicted molar refractivity (Wildman–Crippen MR) is 95.5 cm³/mol. The van der Waals surface area contributed by atoms with Crippen molar-refractivity contribution < 1.29 is 14.3 Å². The highest BCUT2D eigenvalue weighted by molar-refractivity contribution is 6.15. The van der Waals surface area contributed by atoms with Crippen molar-refractivity contribution in [2.24, 2.45) is 5.92 Å². The molecular formula is C20H20N2O3. The monoisotopic (exact) mass is 336 g/mol. The highest BCUT2D eigenvalue weighted by atomic mass is 16.5. The third-order valence-electron chi connectivity index (χ3n) is 3.74. The molecule has 1 atom stereocenters. The lowest BCUT2D eigenvalue weighted by atomic mass is 9.96. The number of hydrogen-bond donors (Lipinski definition) is 1. The van der Waals surface area contributed by atoms with Crippen LogP contribution in [0.5, 0.6) is 5.75 Å². The molecule has 2 rings (SSSR count). The Morgan fingerprint density at radius 1 is 1.12 bits per heavy atom. The summed E-state index contributed by atoms with van der Waals surface area (Å²) in [6.07, 6.45) is 0.852. The summed E-state index contributed by atoms with van der Waals surface area (Å²) >= 11 is 0. The smallest absolute Gasteiger partial charge is 0.249 e. The topological polar surface area (TPSA) is 79.2 Å². The second-order valence-electron chi connectivity index (χ2n) is 5.40. The number of nitrogens with zero attached hydrogens (tertiary/aromatic N) is 1. The molecule has 0 unspecified atom stereocenters. The first-order valence-electron chi connectivity index (χ1n) is 8.16. The zero-order chi connectivity index (χ0) is 18.2. The van der Waals surface area contributed by atoms with Crippen LogP contribution in [0, 0.1) is 17.2 Å². The summed E-state index contributed by atoms with van der Waals surface area (Å²) < 4.78 is 5.44. The normalized spacial score (nSPS) is 11.2. The molecule has 128 valence electrons. The fraction of sp³-hybridized carbons (Fsp3) is 0.250. The van der Waals surface area contributed by atoms with E-state index in [-0.39, 0.29) is 0 Å². The molecule has 0 saturated heterocycles. The van der Waals surface area contributed by atoms with Gasteiger partial charge in [0.05, 0.1) is 18.4 Å². The standard InChI is InChI=1S/C20H20N2O3/c1-3-14-9-11-15(12-10-14)19(23)16(13-21)20(24)22-17-7-5-6-8-18(17)25-4-2/h5-12,16H,3-4H2,1-2H3,(H,22,24)/t16-/m0/s1. The van der Waals surface area contributed by atoms with Gasteiger partial charge < -0.3 is 10.1 Å². The van der Waals surface area contributed by atoms with Crippen molar-refractivity contribution in [2.45, 2.75) is 20.3 Å². The van der Waals surface area contributed by atoms with Gasteiger partial charge in [-0.2, -0.15) is 5.26 Å². The molecule has 0 fully saturated rings. The van der Waals surface area contributed by atoms with Gasteiger partial charge in [-0.05, 0) is 31.0 Å². The maximum atomic E-state index is 12.5. The summed E-state index contributed by atoms with van der Waals surface area (Å²) in [4.78, 5) is 24.9. The van der Waals surface area contributed by atoms with Crippen LogP contribution < -0.4 is 10.1 Å². The lowest BCUT2D eigenvalue weighted by Gasteiger charge is -2.13. The van der Waals surface area contributed by atoms with Crippen molar-refractivity contribution >= 4 is 17.4 Å². The van der Waals surface area contributed by atoms with Gasteiger partial charge in [-0.15, -0.1) is 0 Å². The Labute approximate surface area is 147 Å². The van der Waals surface area contributed by atoms with Crippen molar-refractivity contribution in [2.75, 3.05) is 11.9 Å². The van der Waals surface area contributed by atoms with Gasteiger partial charge in [0.15, 0.2) is 11.7 Å². The largest absolute Gasteiger partial charge is 0.492 e. The number of para-hydroxylation sites is 2. The predicted octanol–water partition coefficient (Wildman–Crippen LogP) is 3.61. The summed E-state index contributed by atoms with van der Waals surface area (Å²) in [7, 11) is 0. The Morgan fingerprint density at radius 3 is 2.40 bits per heavy atom. The molecule has 2 aromatic rings. The highest BCUT2D eigenvalue weighted by Crippen LogP contribution is 2.24. The third kappa shape index (κ3) is 4.45. The third-order valence-corrected chi connectivity index (χ3v) is 3.74. The number of anilines is 1. The van der Waals surface area contributed by atoms with Crippen LogP contribution in [0.4, 0.5) is 5.69 Å². The van der Waals surface area contributed by atoms with E-state index in [0.717, 1.165) is 12.0 Å². The van der Waals surface area contributed by atoms with Crippen LogP contribution >= 0.6 is 0 Å². The van der Waals surface area contributed by atoms with Crippen LogP contribution in [0.15, 0.2) is 48.5 Å². The van der Waals surface area contributed by atoms with Crippen molar-refractivity contribution in [1.29, 1.82) is 5.26 Å². The van der Waals surface area contributed by atoms with E-state index < -0.39 is 17.6 Å². The molecule has 0 heterocycles. The van der Waals surface area contributed by atoms with E-state index in [1.54, 1.807) is 42.5 Å². The van der Waals surface area contributed by atoms with Crippen LogP contribution in [0.3, 0.4) is 0 Å². The number of aryl methyl sites for hydroxylation is 1. The summed E-state index contributed by atoms with van der Waals surface area (Å²) in [5.74, 6) is -2.10. The highest BCUT2D eigenvalue weighted by Gasteiger charge is 2.28. The number of ether oxygens (including phenoxy) is 1. The fourth-order valence-electron chi connectivity index (χ4n) is 2.36. The van der Waals surface area contributed by atoms with Gasteiger partial charge in [0.25, 0.3) is 0 Å². The van der Waals surface area contributed by atoms with Gasteiger partial charge >= 0.3 is 0 Å². The van der Waals surface area contributed by atoms with E-state index in [2.05, 4.69) is 5.32 Å². The van der Waals surface area contributed by atoms with E-state index in [1.165, 1.54) is 0 Å². The Kier molecular flexibility index (Phi) is 6.30. The molecule has 0 spiro atoms. The number of carbonyl (C=O) groups is 2. The number of ketones is 1. The molecule has 0 radical (unpaired) electrons. The molecule has 0 saturated carbocycles. The maximum absolute atomic E-state index is 12.5. The second kappa shape index (κ2) is 8.65. The molecule has 25 heavy (non-hydrogen) atoms. The molecule has 0 aliphatic rings. The number of nitriles is 1. The molecular weight excluding hydrogens is 316 g/mol. The summed E-state index contributed by atoms with van der Waals surface area (Å²) in [6, 6.07) is 15.6. The van der Waals surface area contributed by atoms with Gasteiger partial charge in [-0.25, -0.2) is 0 Å². The zero-order valence-corrected chi connectivity index (χ0v) is 14.3. The number of Topliss-reactive ketones (excluding diaryl/α,β-unsaturated/α-hetero) is 1. The fourth-order valence-corrected chi connectivity index (χ4v) is 2.36. The van der Waals surface area contributed by atoms with E-state index in [9.17, 15) is 14.9 Å². The average Bonchev–Trinajstić information content (AvgIpc) is 2.64. The first kappa shape index (κ1) is 18.2. The molecule has 2 aromatic carbocycles. The lowest BCUT2D eigenvalue weighted by Crippen LogP contribution is -2.28. The number of rotatable bonds is 7. The van der Waals surface area contributed by atoms with E-state index >= 15 is 0 Å². The Balaban J connectivity index is 2.18. The first-order chi connectivity index (χ1) is 12.1. The van der Waals surface area contributed by atoms with Crippen LogP contribution in [-0.4, -0.2) is 18.3 Å². The minimum absolute atomic E-state index is 0.344. The second-order valence-corrected chi connectivity index (χ2v) is 5.40. The van der Waals surface area contributed by atoms with Gasteiger partial charge in [0.1, 0.15) is 5.75 Å². The van der Waals surface area contributed by atoms with E-state index in [4.69, 9.17) is 4.74 Å². The van der Waals surface area contributed by atoms with Crippen LogP contribution in [0.25, 0.3) is 0 Å². The molecule has 5 heteroatoms. The minimum atomic E-state index is -1.41. The van der Waals surface area contributed by atoms with Gasteiger partial charge in [0, 0.05) is 5.56 Å². The van der Waals surface area contributed by atoms with E-state index in [0.29, 0.717) is 23.6 Å². The van der Waals surface area contributed by atoms with Crippen molar-refractivity contribution in [3.8, 4) is 11.8 Å². The van der Waals surface area contributed by atoms with Crippen LogP contribution in [-0.2, 0) is 11.2 Å². The van der Waals surface area contributed by atoms with Crippen molar-refractivity contribution in [3.05, 3.63) is 59.7 Å². The molecule has 0 aliphatic heterocycles. The molecule has 0 bridgehead atoms. The number of hydrogen-bond acceptors (Lipinski definition) is 4. The SMILES string of the molecule is CCOc1ccccc1NC(=O)[C@@H](C#N)C(=O)c1ccc(CC)cc1. The van der Waals surface area contributed by atoms with E-state index in [1.807, 2.05) is 26.0 Å².